The molecule has 27 heavy (non-hydrogen) atoms. The van der Waals surface area contributed by atoms with Crippen LogP contribution in [-0.2, 0) is 11.3 Å². The summed E-state index contributed by atoms with van der Waals surface area (Å²) >= 11 is 0. The number of methoxy groups -OCH3 is 1. The van der Waals surface area contributed by atoms with Crippen molar-refractivity contribution in [3.8, 4) is 0 Å². The van der Waals surface area contributed by atoms with Crippen LogP contribution in [0.25, 0.3) is 0 Å². The van der Waals surface area contributed by atoms with E-state index in [9.17, 15) is 4.79 Å². The second kappa shape index (κ2) is 9.45. The molecule has 3 aromatic rings. The van der Waals surface area contributed by atoms with Crippen LogP contribution in [0, 0.1) is 0 Å². The predicted molar refractivity (Wildman–Crippen MR) is 106 cm³/mol. The van der Waals surface area contributed by atoms with Gasteiger partial charge < -0.3 is 15.0 Å². The molecule has 0 radical (unpaired) electrons. The molecule has 1 heterocycles. The molecule has 138 valence electrons. The molecule has 6 nitrogen and oxygen atoms in total. The van der Waals surface area contributed by atoms with Gasteiger partial charge >= 0.3 is 0 Å². The third-order valence-corrected chi connectivity index (χ3v) is 3.98. The number of hydrogen-bond acceptors (Lipinski definition) is 5. The average molecular weight is 362 g/mol. The van der Waals surface area contributed by atoms with E-state index in [4.69, 9.17) is 4.74 Å². The maximum absolute atomic E-state index is 13.1. The molecule has 0 bridgehead atoms. The van der Waals surface area contributed by atoms with Gasteiger partial charge in [0.25, 0.3) is 5.91 Å². The zero-order valence-corrected chi connectivity index (χ0v) is 15.2. The minimum Gasteiger partial charge on any atom is -0.383 e. The van der Waals surface area contributed by atoms with Gasteiger partial charge in [0.15, 0.2) is 0 Å². The molecule has 0 spiro atoms. The summed E-state index contributed by atoms with van der Waals surface area (Å²) in [6.07, 6.45) is 3.06. The highest BCUT2D eigenvalue weighted by Gasteiger charge is 2.19. The Hall–Kier alpha value is -3.25. The standard InChI is InChI=1S/C21H22N4O2/c1-27-13-12-22-20-15-23-19(14-24-20)21(26)25(18-10-6-3-7-11-18)16-17-8-4-2-5-9-17/h2-11,14-15H,12-13,16H2,1H3,(H,22,24). The topological polar surface area (TPSA) is 67.3 Å². The van der Waals surface area contributed by atoms with Crippen molar-refractivity contribution in [1.29, 1.82) is 0 Å². The van der Waals surface area contributed by atoms with Gasteiger partial charge in [-0.3, -0.25) is 4.79 Å². The smallest absolute Gasteiger partial charge is 0.278 e. The van der Waals surface area contributed by atoms with Crippen LogP contribution in [0.2, 0.25) is 0 Å². The van der Waals surface area contributed by atoms with E-state index in [2.05, 4.69) is 15.3 Å². The minimum absolute atomic E-state index is 0.194. The van der Waals surface area contributed by atoms with Crippen LogP contribution in [0.3, 0.4) is 0 Å². The molecule has 0 atom stereocenters. The highest BCUT2D eigenvalue weighted by atomic mass is 16.5. The molecule has 1 N–H and O–H groups in total. The molecular formula is C21H22N4O2. The Labute approximate surface area is 158 Å². The number of anilines is 2. The number of para-hydroxylation sites is 1. The van der Waals surface area contributed by atoms with Crippen molar-refractivity contribution in [2.24, 2.45) is 0 Å². The molecule has 0 saturated heterocycles. The van der Waals surface area contributed by atoms with Crippen molar-refractivity contribution in [2.75, 3.05) is 30.5 Å². The normalized spacial score (nSPS) is 10.4. The molecule has 0 aliphatic heterocycles. The van der Waals surface area contributed by atoms with Crippen LogP contribution < -0.4 is 10.2 Å². The van der Waals surface area contributed by atoms with E-state index in [1.165, 1.54) is 6.20 Å². The van der Waals surface area contributed by atoms with Crippen molar-refractivity contribution in [2.45, 2.75) is 6.54 Å². The first kappa shape index (κ1) is 18.5. The first-order valence-electron chi connectivity index (χ1n) is 8.73. The van der Waals surface area contributed by atoms with Crippen molar-refractivity contribution in [3.63, 3.8) is 0 Å². The summed E-state index contributed by atoms with van der Waals surface area (Å²) in [5.41, 5.74) is 2.16. The summed E-state index contributed by atoms with van der Waals surface area (Å²) in [5.74, 6) is 0.416. The number of carbonyl (C=O) groups excluding carboxylic acids is 1. The Bertz CT molecular complexity index is 839. The lowest BCUT2D eigenvalue weighted by atomic mass is 10.2. The van der Waals surface area contributed by atoms with E-state index in [0.717, 1.165) is 11.3 Å². The lowest BCUT2D eigenvalue weighted by Crippen LogP contribution is -2.31. The Morgan fingerprint density at radius 2 is 1.70 bits per heavy atom. The minimum atomic E-state index is -0.194. The first-order chi connectivity index (χ1) is 13.3. The van der Waals surface area contributed by atoms with Crippen molar-refractivity contribution in [1.82, 2.24) is 9.97 Å². The monoisotopic (exact) mass is 362 g/mol. The Morgan fingerprint density at radius 1 is 1.00 bits per heavy atom. The lowest BCUT2D eigenvalue weighted by molar-refractivity contribution is 0.0980. The van der Waals surface area contributed by atoms with Crippen molar-refractivity contribution < 1.29 is 9.53 Å². The van der Waals surface area contributed by atoms with E-state index in [1.54, 1.807) is 18.2 Å². The maximum Gasteiger partial charge on any atom is 0.278 e. The molecular weight excluding hydrogens is 340 g/mol. The third-order valence-electron chi connectivity index (χ3n) is 3.98. The molecule has 3 rings (SSSR count). The molecule has 1 aromatic heterocycles. The van der Waals surface area contributed by atoms with Gasteiger partial charge in [-0.2, -0.15) is 0 Å². The molecule has 0 aliphatic carbocycles. The number of amides is 1. The Morgan fingerprint density at radius 3 is 2.33 bits per heavy atom. The molecule has 0 unspecified atom stereocenters. The average Bonchev–Trinajstić information content (AvgIpc) is 2.74. The largest absolute Gasteiger partial charge is 0.383 e. The molecule has 1 amide bonds. The second-order valence-electron chi connectivity index (χ2n) is 5.92. The van der Waals surface area contributed by atoms with Crippen LogP contribution in [-0.4, -0.2) is 36.1 Å². The van der Waals surface area contributed by atoms with Crippen molar-refractivity contribution in [3.05, 3.63) is 84.3 Å². The van der Waals surface area contributed by atoms with E-state index in [-0.39, 0.29) is 5.91 Å². The summed E-state index contributed by atoms with van der Waals surface area (Å²) in [7, 11) is 1.64. The van der Waals surface area contributed by atoms with Gasteiger partial charge in [0, 0.05) is 19.3 Å². The van der Waals surface area contributed by atoms with E-state index < -0.39 is 0 Å². The zero-order valence-electron chi connectivity index (χ0n) is 15.2. The fraction of sp³-hybridized carbons (Fsp3) is 0.190. The second-order valence-corrected chi connectivity index (χ2v) is 5.92. The van der Waals surface area contributed by atoms with Crippen molar-refractivity contribution >= 4 is 17.4 Å². The lowest BCUT2D eigenvalue weighted by Gasteiger charge is -2.22. The summed E-state index contributed by atoms with van der Waals surface area (Å²) in [4.78, 5) is 23.4. The summed E-state index contributed by atoms with van der Waals surface area (Å²) in [5, 5.41) is 3.09. The van der Waals surface area contributed by atoms with Gasteiger partial charge in [-0.1, -0.05) is 48.5 Å². The summed E-state index contributed by atoms with van der Waals surface area (Å²) in [6.45, 7) is 1.66. The number of carbonyl (C=O) groups is 1. The highest BCUT2D eigenvalue weighted by molar-refractivity contribution is 6.04. The Balaban J connectivity index is 1.80. The van der Waals surface area contributed by atoms with Gasteiger partial charge in [0.1, 0.15) is 11.5 Å². The number of ether oxygens (including phenoxy) is 1. The SMILES string of the molecule is COCCNc1cnc(C(=O)N(Cc2ccccc2)c2ccccc2)cn1. The van der Waals surface area contributed by atoms with Crippen LogP contribution in [0.4, 0.5) is 11.5 Å². The quantitative estimate of drug-likeness (QED) is 0.622. The molecule has 0 saturated carbocycles. The first-order valence-corrected chi connectivity index (χ1v) is 8.73. The number of benzene rings is 2. The van der Waals surface area contributed by atoms with E-state index >= 15 is 0 Å². The highest BCUT2D eigenvalue weighted by Crippen LogP contribution is 2.19. The predicted octanol–water partition coefficient (Wildman–Crippen LogP) is 3.38. The van der Waals surface area contributed by atoms with Gasteiger partial charge in [-0.05, 0) is 17.7 Å². The van der Waals surface area contributed by atoms with Crippen LogP contribution in [0.1, 0.15) is 16.1 Å². The Kier molecular flexibility index (Phi) is 6.49. The van der Waals surface area contributed by atoms with Crippen LogP contribution in [0.15, 0.2) is 73.1 Å². The molecule has 6 heteroatoms. The summed E-state index contributed by atoms with van der Waals surface area (Å²) < 4.78 is 4.99. The number of nitrogens with one attached hydrogen (secondary N) is 1. The zero-order chi connectivity index (χ0) is 18.9. The van der Waals surface area contributed by atoms with Gasteiger partial charge in [0.2, 0.25) is 0 Å². The molecule has 0 fully saturated rings. The van der Waals surface area contributed by atoms with E-state index in [1.807, 2.05) is 60.7 Å². The van der Waals surface area contributed by atoms with Crippen LogP contribution >= 0.6 is 0 Å². The number of nitrogens with zero attached hydrogens (tertiary/aromatic N) is 3. The van der Waals surface area contributed by atoms with Gasteiger partial charge in [0.05, 0.1) is 25.5 Å². The molecule has 0 aliphatic rings. The fourth-order valence-corrected chi connectivity index (χ4v) is 2.60. The third kappa shape index (κ3) is 5.12. The number of hydrogen-bond donors (Lipinski definition) is 1. The number of rotatable bonds is 8. The summed E-state index contributed by atoms with van der Waals surface area (Å²) in [6, 6.07) is 19.4. The maximum atomic E-state index is 13.1. The van der Waals surface area contributed by atoms with Gasteiger partial charge in [-0.15, -0.1) is 0 Å². The van der Waals surface area contributed by atoms with Crippen LogP contribution in [0.5, 0.6) is 0 Å². The molecule has 2 aromatic carbocycles. The van der Waals surface area contributed by atoms with Gasteiger partial charge in [-0.25, -0.2) is 9.97 Å². The fourth-order valence-electron chi connectivity index (χ4n) is 2.60. The van der Waals surface area contributed by atoms with E-state index in [0.29, 0.717) is 31.2 Å². The number of aromatic nitrogens is 2.